The molecule has 0 saturated heterocycles. The van der Waals surface area contributed by atoms with Crippen LogP contribution in [0.2, 0.25) is 0 Å². The predicted molar refractivity (Wildman–Crippen MR) is 79.1 cm³/mol. The van der Waals surface area contributed by atoms with Crippen molar-refractivity contribution in [2.75, 3.05) is 0 Å². The first kappa shape index (κ1) is 14.2. The molecule has 0 nitrogen and oxygen atoms in total. The lowest BCUT2D eigenvalue weighted by Crippen LogP contribution is -2.00. The van der Waals surface area contributed by atoms with Crippen LogP contribution in [0.1, 0.15) is 57.8 Å². The number of hydrogen-bond acceptors (Lipinski definition) is 0. The first-order valence-corrected chi connectivity index (χ1v) is 8.40. The van der Waals surface area contributed by atoms with Crippen LogP contribution in [0.25, 0.3) is 0 Å². The van der Waals surface area contributed by atoms with Gasteiger partial charge < -0.3 is 0 Å². The van der Waals surface area contributed by atoms with Gasteiger partial charge in [-0.1, -0.05) is 86.3 Å². The van der Waals surface area contributed by atoms with Gasteiger partial charge in [0.15, 0.2) is 0 Å². The molecule has 1 rings (SSSR count). The van der Waals surface area contributed by atoms with Gasteiger partial charge in [-0.05, 0) is 19.3 Å². The molecule has 0 spiro atoms. The molecule has 0 aromatic carbocycles. The molecule has 88 valence electrons. The summed E-state index contributed by atoms with van der Waals surface area (Å²) in [5.74, 6) is 0. The van der Waals surface area contributed by atoms with Crippen molar-refractivity contribution < 1.29 is 0 Å². The Morgan fingerprint density at radius 2 is 1.33 bits per heavy atom. The van der Waals surface area contributed by atoms with Crippen molar-refractivity contribution in [3.63, 3.8) is 0 Å². The number of allylic oxidation sites excluding steroid dienone is 2. The minimum atomic E-state index is 0.506. The fraction of sp³-hybridized carbons (Fsp3) is 0.833. The van der Waals surface area contributed by atoms with Crippen LogP contribution in [0, 0.1) is 0 Å². The third-order valence-corrected chi connectivity index (χ3v) is 6.81. The topological polar surface area (TPSA) is 0 Å². The van der Waals surface area contributed by atoms with Gasteiger partial charge in [-0.15, -0.1) is 0 Å². The summed E-state index contributed by atoms with van der Waals surface area (Å²) in [6.45, 7) is 0. The van der Waals surface area contributed by atoms with E-state index in [1.54, 1.807) is 0 Å². The van der Waals surface area contributed by atoms with Crippen LogP contribution in [0.15, 0.2) is 8.96 Å². The monoisotopic (exact) mass is 400 g/mol. The van der Waals surface area contributed by atoms with Crippen molar-refractivity contribution in [1.82, 2.24) is 0 Å². The third kappa shape index (κ3) is 5.88. The van der Waals surface area contributed by atoms with Crippen molar-refractivity contribution in [1.29, 1.82) is 0 Å². The Labute approximate surface area is 119 Å². The summed E-state index contributed by atoms with van der Waals surface area (Å²) < 4.78 is 2.67. The van der Waals surface area contributed by atoms with E-state index in [-0.39, 0.29) is 0 Å². The van der Waals surface area contributed by atoms with Gasteiger partial charge in [0.05, 0.1) is 0 Å². The molecule has 0 saturated carbocycles. The van der Waals surface area contributed by atoms with Crippen molar-refractivity contribution in [2.45, 2.75) is 62.6 Å². The Morgan fingerprint density at radius 1 is 0.800 bits per heavy atom. The van der Waals surface area contributed by atoms with Crippen LogP contribution < -0.4 is 0 Å². The average Bonchev–Trinajstić information content (AvgIpc) is 2.23. The highest BCUT2D eigenvalue weighted by molar-refractivity contribution is 9.15. The lowest BCUT2D eigenvalue weighted by Gasteiger charge is -2.13. The zero-order valence-corrected chi connectivity index (χ0v) is 13.8. The van der Waals surface area contributed by atoms with Crippen LogP contribution in [0.5, 0.6) is 0 Å². The van der Waals surface area contributed by atoms with Crippen molar-refractivity contribution in [2.24, 2.45) is 0 Å². The molecule has 0 amide bonds. The molecule has 0 N–H and O–H groups in total. The van der Waals surface area contributed by atoms with Crippen LogP contribution in [-0.2, 0) is 0 Å². The average molecular weight is 403 g/mol. The summed E-state index contributed by atoms with van der Waals surface area (Å²) in [5.41, 5.74) is 0. The molecule has 0 bridgehead atoms. The van der Waals surface area contributed by atoms with E-state index in [1.807, 2.05) is 0 Å². The van der Waals surface area contributed by atoms with Crippen molar-refractivity contribution >= 4 is 47.8 Å². The number of halogens is 3. The van der Waals surface area contributed by atoms with E-state index in [4.69, 9.17) is 0 Å². The van der Waals surface area contributed by atoms with Gasteiger partial charge in [0, 0.05) is 13.8 Å². The van der Waals surface area contributed by atoms with E-state index < -0.39 is 0 Å². The third-order valence-electron chi connectivity index (χ3n) is 2.89. The molecule has 0 aromatic rings. The lowest BCUT2D eigenvalue weighted by molar-refractivity contribution is 0.568. The maximum atomic E-state index is 3.75. The summed E-state index contributed by atoms with van der Waals surface area (Å²) in [6, 6.07) is 0. The SMILES string of the molecule is Br/C1=C(\Br)C(Br)CCCCCCCCC1. The fourth-order valence-corrected chi connectivity index (χ4v) is 3.79. The Morgan fingerprint density at radius 3 is 2.00 bits per heavy atom. The van der Waals surface area contributed by atoms with Gasteiger partial charge in [0.2, 0.25) is 0 Å². The Hall–Kier alpha value is 1.18. The number of hydrogen-bond donors (Lipinski definition) is 0. The minimum absolute atomic E-state index is 0.506. The first-order chi connectivity index (χ1) is 7.22. The van der Waals surface area contributed by atoms with Gasteiger partial charge in [0.1, 0.15) is 0 Å². The predicted octanol–water partition coefficient (Wildman–Crippen LogP) is 6.28. The molecule has 1 unspecified atom stereocenters. The van der Waals surface area contributed by atoms with Crippen LogP contribution in [-0.4, -0.2) is 4.83 Å². The maximum absolute atomic E-state index is 3.75. The van der Waals surface area contributed by atoms with E-state index in [2.05, 4.69) is 47.8 Å². The quantitative estimate of drug-likeness (QED) is 0.418. The number of alkyl halides is 1. The molecule has 0 radical (unpaired) electrons. The summed E-state index contributed by atoms with van der Waals surface area (Å²) in [6.07, 6.45) is 12.1. The lowest BCUT2D eigenvalue weighted by atomic mass is 10.0. The normalized spacial score (nSPS) is 31.8. The van der Waals surface area contributed by atoms with E-state index in [0.717, 1.165) is 0 Å². The molecule has 0 aliphatic heterocycles. The van der Waals surface area contributed by atoms with Crippen LogP contribution in [0.4, 0.5) is 0 Å². The van der Waals surface area contributed by atoms with Crippen molar-refractivity contribution in [3.05, 3.63) is 8.96 Å². The van der Waals surface area contributed by atoms with Gasteiger partial charge in [-0.2, -0.15) is 0 Å². The second kappa shape index (κ2) is 8.30. The van der Waals surface area contributed by atoms with E-state index in [9.17, 15) is 0 Å². The highest BCUT2D eigenvalue weighted by Crippen LogP contribution is 2.33. The van der Waals surface area contributed by atoms with Gasteiger partial charge in [-0.25, -0.2) is 0 Å². The molecule has 1 aliphatic rings. The van der Waals surface area contributed by atoms with Crippen LogP contribution in [0.3, 0.4) is 0 Å². The molecule has 1 atom stereocenters. The van der Waals surface area contributed by atoms with Gasteiger partial charge >= 0.3 is 0 Å². The highest BCUT2D eigenvalue weighted by atomic mass is 79.9. The summed E-state index contributed by atoms with van der Waals surface area (Å²) in [4.78, 5) is 0.506. The molecule has 3 heteroatoms. The second-order valence-electron chi connectivity index (χ2n) is 4.23. The summed E-state index contributed by atoms with van der Waals surface area (Å²) >= 11 is 11.1. The van der Waals surface area contributed by atoms with Crippen molar-refractivity contribution in [3.8, 4) is 0 Å². The molecule has 15 heavy (non-hydrogen) atoms. The zero-order valence-electron chi connectivity index (χ0n) is 9.08. The second-order valence-corrected chi connectivity index (χ2v) is 7.15. The summed E-state index contributed by atoms with van der Waals surface area (Å²) in [7, 11) is 0. The van der Waals surface area contributed by atoms with Gasteiger partial charge in [-0.3, -0.25) is 0 Å². The Kier molecular flexibility index (Phi) is 7.88. The Balaban J connectivity index is 2.52. The van der Waals surface area contributed by atoms with Crippen LogP contribution >= 0.6 is 47.8 Å². The highest BCUT2D eigenvalue weighted by Gasteiger charge is 2.12. The molecule has 0 fully saturated rings. The van der Waals surface area contributed by atoms with E-state index in [1.165, 1.54) is 66.8 Å². The molecular weight excluding hydrogens is 384 g/mol. The van der Waals surface area contributed by atoms with E-state index in [0.29, 0.717) is 4.83 Å². The first-order valence-electron chi connectivity index (χ1n) is 5.90. The smallest absolute Gasteiger partial charge is 0.0469 e. The zero-order chi connectivity index (χ0) is 11.1. The largest absolute Gasteiger partial charge is 0.0833 e. The molecule has 0 heterocycles. The van der Waals surface area contributed by atoms with Gasteiger partial charge in [0.25, 0.3) is 0 Å². The molecule has 0 aromatic heterocycles. The minimum Gasteiger partial charge on any atom is -0.0833 e. The Bertz CT molecular complexity index is 211. The van der Waals surface area contributed by atoms with E-state index >= 15 is 0 Å². The summed E-state index contributed by atoms with van der Waals surface area (Å²) in [5, 5.41) is 0. The standard InChI is InChI=1S/C12H19Br3/c13-10-8-6-4-2-1-3-5-7-9-11(14)12(10)15/h10H,1-9H2/b12-11-. The maximum Gasteiger partial charge on any atom is 0.0469 e. The number of rotatable bonds is 0. The molecule has 1 aliphatic carbocycles. The fourth-order valence-electron chi connectivity index (χ4n) is 1.90. The molecular formula is C12H19Br3.